The smallest absolute Gasteiger partial charge is 0.239 e. The van der Waals surface area contributed by atoms with Gasteiger partial charge in [-0.05, 0) is 18.6 Å². The van der Waals surface area contributed by atoms with Crippen LogP contribution in [-0.4, -0.2) is 30.5 Å². The van der Waals surface area contributed by atoms with E-state index in [1.54, 1.807) is 6.20 Å². The van der Waals surface area contributed by atoms with Crippen molar-refractivity contribution in [1.29, 1.82) is 0 Å². The molecule has 0 atom stereocenters. The van der Waals surface area contributed by atoms with Crippen LogP contribution in [0.5, 0.6) is 0 Å². The minimum Gasteiger partial charge on any atom is -0.396 e. The average Bonchev–Trinajstić information content (AvgIpc) is 2.17. The SMILES string of the molecule is Cc1cnc(N2CCNC(=O)C2)c(N)c1. The topological polar surface area (TPSA) is 71.2 Å². The molecule has 0 bridgehead atoms. The van der Waals surface area contributed by atoms with Gasteiger partial charge in [0, 0.05) is 19.3 Å². The first-order valence-electron chi connectivity index (χ1n) is 4.90. The number of hydrogen-bond donors (Lipinski definition) is 2. The quantitative estimate of drug-likeness (QED) is 0.673. The van der Waals surface area contributed by atoms with Crippen LogP contribution in [0.3, 0.4) is 0 Å². The average molecular weight is 206 g/mol. The van der Waals surface area contributed by atoms with Crippen LogP contribution in [0.2, 0.25) is 0 Å². The highest BCUT2D eigenvalue weighted by atomic mass is 16.2. The third-order valence-corrected chi connectivity index (χ3v) is 2.37. The fraction of sp³-hybridized carbons (Fsp3) is 0.400. The Balaban J connectivity index is 2.24. The fourth-order valence-corrected chi connectivity index (χ4v) is 1.67. The van der Waals surface area contributed by atoms with Crippen LogP contribution >= 0.6 is 0 Å². The number of nitrogens with two attached hydrogens (primary N) is 1. The number of anilines is 2. The van der Waals surface area contributed by atoms with Crippen LogP contribution in [0, 0.1) is 6.92 Å². The van der Waals surface area contributed by atoms with Crippen molar-refractivity contribution in [3.63, 3.8) is 0 Å². The van der Waals surface area contributed by atoms with E-state index < -0.39 is 0 Å². The van der Waals surface area contributed by atoms with Gasteiger partial charge in [0.25, 0.3) is 0 Å². The van der Waals surface area contributed by atoms with Gasteiger partial charge in [-0.1, -0.05) is 0 Å². The molecule has 3 N–H and O–H groups in total. The van der Waals surface area contributed by atoms with Crippen LogP contribution in [-0.2, 0) is 4.79 Å². The summed E-state index contributed by atoms with van der Waals surface area (Å²) in [6.45, 7) is 3.68. The number of nitrogen functional groups attached to an aromatic ring is 1. The molecule has 1 aromatic rings. The molecule has 1 fully saturated rings. The maximum Gasteiger partial charge on any atom is 0.239 e. The zero-order valence-electron chi connectivity index (χ0n) is 8.66. The molecule has 0 saturated carbocycles. The van der Waals surface area contributed by atoms with Crippen molar-refractivity contribution in [2.45, 2.75) is 6.92 Å². The number of amides is 1. The van der Waals surface area contributed by atoms with Gasteiger partial charge in [-0.2, -0.15) is 0 Å². The first-order valence-corrected chi connectivity index (χ1v) is 4.90. The number of aryl methyl sites for hydroxylation is 1. The van der Waals surface area contributed by atoms with Crippen LogP contribution < -0.4 is 16.0 Å². The minimum atomic E-state index is 0.0167. The maximum absolute atomic E-state index is 11.2. The summed E-state index contributed by atoms with van der Waals surface area (Å²) in [5.74, 6) is 0.721. The van der Waals surface area contributed by atoms with E-state index in [9.17, 15) is 4.79 Å². The van der Waals surface area contributed by atoms with Crippen molar-refractivity contribution < 1.29 is 4.79 Å². The summed E-state index contributed by atoms with van der Waals surface area (Å²) in [4.78, 5) is 17.4. The number of carbonyl (C=O) groups excluding carboxylic acids is 1. The lowest BCUT2D eigenvalue weighted by molar-refractivity contribution is -0.120. The molecule has 80 valence electrons. The van der Waals surface area contributed by atoms with Crippen molar-refractivity contribution in [1.82, 2.24) is 10.3 Å². The van der Waals surface area contributed by atoms with E-state index >= 15 is 0 Å². The molecule has 2 rings (SSSR count). The number of piperazine rings is 1. The van der Waals surface area contributed by atoms with E-state index in [4.69, 9.17) is 5.73 Å². The van der Waals surface area contributed by atoms with Crippen molar-refractivity contribution in [2.75, 3.05) is 30.3 Å². The molecule has 1 saturated heterocycles. The van der Waals surface area contributed by atoms with Gasteiger partial charge in [0.15, 0.2) is 5.82 Å². The number of rotatable bonds is 1. The minimum absolute atomic E-state index is 0.0167. The molecule has 0 unspecified atom stereocenters. The standard InChI is InChI=1S/C10H14N4O/c1-7-4-8(11)10(13-5-7)14-3-2-12-9(15)6-14/h4-5H,2-3,6,11H2,1H3,(H,12,15). The lowest BCUT2D eigenvalue weighted by Gasteiger charge is -2.28. The van der Waals surface area contributed by atoms with Gasteiger partial charge >= 0.3 is 0 Å². The summed E-state index contributed by atoms with van der Waals surface area (Å²) in [7, 11) is 0. The Labute approximate surface area is 88.3 Å². The molecule has 0 radical (unpaired) electrons. The Morgan fingerprint density at radius 3 is 3.07 bits per heavy atom. The number of aromatic nitrogens is 1. The molecule has 0 aromatic carbocycles. The number of hydrogen-bond acceptors (Lipinski definition) is 4. The number of pyridine rings is 1. The summed E-state index contributed by atoms with van der Waals surface area (Å²) in [6.07, 6.45) is 1.76. The van der Waals surface area contributed by atoms with Crippen LogP contribution in [0.15, 0.2) is 12.3 Å². The zero-order chi connectivity index (χ0) is 10.8. The van der Waals surface area contributed by atoms with Crippen LogP contribution in [0.4, 0.5) is 11.5 Å². The monoisotopic (exact) mass is 206 g/mol. The van der Waals surface area contributed by atoms with Crippen molar-refractivity contribution in [2.24, 2.45) is 0 Å². The fourth-order valence-electron chi connectivity index (χ4n) is 1.67. The second-order valence-corrected chi connectivity index (χ2v) is 3.70. The Morgan fingerprint density at radius 2 is 2.40 bits per heavy atom. The second kappa shape index (κ2) is 3.76. The molecule has 0 spiro atoms. The van der Waals surface area contributed by atoms with Gasteiger partial charge in [0.05, 0.1) is 12.2 Å². The lowest BCUT2D eigenvalue weighted by Crippen LogP contribution is -2.48. The molecule has 0 aliphatic carbocycles. The molecular formula is C10H14N4O. The van der Waals surface area contributed by atoms with E-state index in [2.05, 4.69) is 10.3 Å². The number of nitrogens with one attached hydrogen (secondary N) is 1. The lowest BCUT2D eigenvalue weighted by atomic mass is 10.2. The summed E-state index contributed by atoms with van der Waals surface area (Å²) in [6, 6.07) is 1.87. The molecule has 1 aliphatic heterocycles. The predicted molar refractivity (Wildman–Crippen MR) is 58.6 cm³/mol. The molecule has 5 heteroatoms. The van der Waals surface area contributed by atoms with Gasteiger partial charge in [0.2, 0.25) is 5.91 Å². The second-order valence-electron chi connectivity index (χ2n) is 3.70. The Bertz CT molecular complexity index is 391. The highest BCUT2D eigenvalue weighted by Crippen LogP contribution is 2.20. The summed E-state index contributed by atoms with van der Waals surface area (Å²) in [5.41, 5.74) is 7.52. The number of carbonyl (C=O) groups is 1. The molecule has 1 aromatic heterocycles. The van der Waals surface area contributed by atoms with Crippen molar-refractivity contribution in [3.8, 4) is 0 Å². The Hall–Kier alpha value is -1.78. The highest BCUT2D eigenvalue weighted by Gasteiger charge is 2.19. The van der Waals surface area contributed by atoms with E-state index in [-0.39, 0.29) is 5.91 Å². The first-order chi connectivity index (χ1) is 7.16. The van der Waals surface area contributed by atoms with E-state index in [1.165, 1.54) is 0 Å². The summed E-state index contributed by atoms with van der Waals surface area (Å²) in [5, 5.41) is 2.76. The normalized spacial score (nSPS) is 16.3. The van der Waals surface area contributed by atoms with Crippen LogP contribution in [0.1, 0.15) is 5.56 Å². The van der Waals surface area contributed by atoms with Gasteiger partial charge in [-0.3, -0.25) is 4.79 Å². The zero-order valence-corrected chi connectivity index (χ0v) is 8.66. The van der Waals surface area contributed by atoms with Gasteiger partial charge in [-0.25, -0.2) is 4.98 Å². The third kappa shape index (κ3) is 2.01. The van der Waals surface area contributed by atoms with E-state index in [0.717, 1.165) is 12.1 Å². The molecular weight excluding hydrogens is 192 g/mol. The molecule has 15 heavy (non-hydrogen) atoms. The maximum atomic E-state index is 11.2. The molecule has 2 heterocycles. The Morgan fingerprint density at radius 1 is 1.60 bits per heavy atom. The highest BCUT2D eigenvalue weighted by molar-refractivity contribution is 5.83. The number of nitrogens with zero attached hydrogens (tertiary/aromatic N) is 2. The predicted octanol–water partition coefficient (Wildman–Crippen LogP) is -0.0916. The molecule has 5 nitrogen and oxygen atoms in total. The summed E-state index contributed by atoms with van der Waals surface area (Å²) >= 11 is 0. The van der Waals surface area contributed by atoms with Gasteiger partial charge < -0.3 is 16.0 Å². The van der Waals surface area contributed by atoms with Gasteiger partial charge in [-0.15, -0.1) is 0 Å². The van der Waals surface area contributed by atoms with E-state index in [1.807, 2.05) is 17.9 Å². The molecule has 1 aliphatic rings. The molecule has 1 amide bonds. The third-order valence-electron chi connectivity index (χ3n) is 2.37. The van der Waals surface area contributed by atoms with Crippen molar-refractivity contribution in [3.05, 3.63) is 17.8 Å². The largest absolute Gasteiger partial charge is 0.396 e. The summed E-state index contributed by atoms with van der Waals surface area (Å²) < 4.78 is 0. The first kappa shape index (κ1) is 9.76. The van der Waals surface area contributed by atoms with Crippen molar-refractivity contribution >= 4 is 17.4 Å². The van der Waals surface area contributed by atoms with E-state index in [0.29, 0.717) is 24.6 Å². The van der Waals surface area contributed by atoms with Gasteiger partial charge in [0.1, 0.15) is 0 Å². The Kier molecular flexibility index (Phi) is 2.45. The van der Waals surface area contributed by atoms with Crippen LogP contribution in [0.25, 0.3) is 0 Å².